The molecular formula is C17H18Cl2N2OS. The van der Waals surface area contributed by atoms with Crippen molar-refractivity contribution >= 4 is 35.0 Å². The first kappa shape index (κ1) is 18.1. The summed E-state index contributed by atoms with van der Waals surface area (Å²) in [5.41, 5.74) is 1.70. The van der Waals surface area contributed by atoms with Crippen LogP contribution in [0.3, 0.4) is 0 Å². The van der Waals surface area contributed by atoms with Gasteiger partial charge in [0.15, 0.2) is 0 Å². The monoisotopic (exact) mass is 368 g/mol. The van der Waals surface area contributed by atoms with Crippen molar-refractivity contribution in [2.75, 3.05) is 32.1 Å². The lowest BCUT2D eigenvalue weighted by atomic mass is 10.1. The van der Waals surface area contributed by atoms with Crippen LogP contribution >= 0.6 is 23.4 Å². The number of likely N-dealkylation sites (N-methyl/N-ethyl adjacent to an activating group) is 1. The van der Waals surface area contributed by atoms with Crippen LogP contribution in [-0.2, 0) is 0 Å². The van der Waals surface area contributed by atoms with Crippen molar-refractivity contribution in [3.8, 4) is 0 Å². The Labute approximate surface area is 152 Å². The van der Waals surface area contributed by atoms with Gasteiger partial charge in [0.1, 0.15) is 0 Å². The number of carbonyl (C=O) groups excluding carboxylic acids is 1. The molecule has 0 unspecified atom stereocenters. The summed E-state index contributed by atoms with van der Waals surface area (Å²) in [7, 11) is 4.18. The third kappa shape index (κ3) is 3.83. The number of anilines is 1. The van der Waals surface area contributed by atoms with Gasteiger partial charge in [-0.25, -0.2) is 0 Å². The van der Waals surface area contributed by atoms with E-state index in [0.717, 1.165) is 27.6 Å². The summed E-state index contributed by atoms with van der Waals surface area (Å²) in [5.74, 6) is 0.0606. The van der Waals surface area contributed by atoms with E-state index >= 15 is 0 Å². The molecule has 0 saturated carbocycles. The van der Waals surface area contributed by atoms with Gasteiger partial charge in [0.2, 0.25) is 0 Å². The highest BCUT2D eigenvalue weighted by Gasteiger charge is 2.27. The minimum absolute atomic E-state index is 0. The fraction of sp³-hybridized carbons (Fsp3) is 0.235. The Bertz CT molecular complexity index is 721. The maximum atomic E-state index is 13.0. The molecule has 1 amide bonds. The van der Waals surface area contributed by atoms with Gasteiger partial charge in [-0.2, -0.15) is 0 Å². The molecule has 1 N–H and O–H groups in total. The molecule has 2 aromatic rings. The van der Waals surface area contributed by atoms with Crippen LogP contribution in [0.15, 0.2) is 52.3 Å². The molecule has 0 fully saturated rings. The molecule has 0 atom stereocenters. The van der Waals surface area contributed by atoms with E-state index in [1.54, 1.807) is 11.8 Å². The van der Waals surface area contributed by atoms with Crippen LogP contribution in [0.5, 0.6) is 0 Å². The Morgan fingerprint density at radius 2 is 1.87 bits per heavy atom. The SMILES string of the molecule is C[NH+](C)CCN1C(=O)c2ccccc2Sc2cc(Cl)ccc21.[Cl-]. The molecule has 6 heteroatoms. The molecule has 0 radical (unpaired) electrons. The Balaban J connectivity index is 0.00000192. The zero-order chi connectivity index (χ0) is 15.7. The average molecular weight is 369 g/mol. The maximum absolute atomic E-state index is 13.0. The number of rotatable bonds is 3. The number of nitrogens with zero attached hydrogens (tertiary/aromatic N) is 1. The summed E-state index contributed by atoms with van der Waals surface area (Å²) in [4.78, 5) is 18.2. The molecule has 1 aliphatic rings. The maximum Gasteiger partial charge on any atom is 0.259 e. The Morgan fingerprint density at radius 3 is 2.61 bits per heavy atom. The van der Waals surface area contributed by atoms with Crippen LogP contribution in [0.25, 0.3) is 0 Å². The minimum Gasteiger partial charge on any atom is -1.00 e. The first-order valence-corrected chi connectivity index (χ1v) is 8.43. The van der Waals surface area contributed by atoms with Crippen molar-refractivity contribution in [1.29, 1.82) is 0 Å². The first-order valence-electron chi connectivity index (χ1n) is 7.23. The number of benzene rings is 2. The van der Waals surface area contributed by atoms with E-state index in [0.29, 0.717) is 11.6 Å². The van der Waals surface area contributed by atoms with Crippen molar-refractivity contribution in [3.63, 3.8) is 0 Å². The van der Waals surface area contributed by atoms with E-state index in [-0.39, 0.29) is 18.3 Å². The van der Waals surface area contributed by atoms with Crippen LogP contribution in [-0.4, -0.2) is 33.1 Å². The van der Waals surface area contributed by atoms with Crippen LogP contribution in [0.4, 0.5) is 5.69 Å². The topological polar surface area (TPSA) is 24.8 Å². The fourth-order valence-corrected chi connectivity index (χ4v) is 3.81. The molecule has 0 aliphatic carbocycles. The molecule has 3 rings (SSSR count). The van der Waals surface area contributed by atoms with Gasteiger partial charge in [-0.15, -0.1) is 0 Å². The Kier molecular flexibility index (Phi) is 5.98. The number of hydrogen-bond donors (Lipinski definition) is 1. The zero-order valence-corrected chi connectivity index (χ0v) is 15.3. The second-order valence-electron chi connectivity index (χ2n) is 5.62. The Hall–Kier alpha value is -1.20. The highest BCUT2D eigenvalue weighted by atomic mass is 35.5. The summed E-state index contributed by atoms with van der Waals surface area (Å²) in [6.45, 7) is 1.57. The molecule has 23 heavy (non-hydrogen) atoms. The lowest BCUT2D eigenvalue weighted by molar-refractivity contribution is -0.856. The third-order valence-electron chi connectivity index (χ3n) is 3.63. The molecule has 1 heterocycles. The highest BCUT2D eigenvalue weighted by molar-refractivity contribution is 7.99. The van der Waals surface area contributed by atoms with Crippen LogP contribution in [0, 0.1) is 0 Å². The van der Waals surface area contributed by atoms with Crippen LogP contribution < -0.4 is 22.2 Å². The molecule has 0 saturated heterocycles. The molecule has 3 nitrogen and oxygen atoms in total. The second kappa shape index (κ2) is 7.58. The molecule has 0 spiro atoms. The first-order chi connectivity index (χ1) is 10.6. The summed E-state index contributed by atoms with van der Waals surface area (Å²) in [5, 5.41) is 0.691. The van der Waals surface area contributed by atoms with Gasteiger partial charge >= 0.3 is 0 Å². The van der Waals surface area contributed by atoms with Gasteiger partial charge in [0, 0.05) is 14.8 Å². The minimum atomic E-state index is 0. The predicted molar refractivity (Wildman–Crippen MR) is 91.4 cm³/mol. The molecule has 122 valence electrons. The molecule has 0 aromatic heterocycles. The number of fused-ring (bicyclic) bond motifs is 2. The second-order valence-corrected chi connectivity index (χ2v) is 7.14. The van der Waals surface area contributed by atoms with E-state index in [4.69, 9.17) is 11.6 Å². The quantitative estimate of drug-likeness (QED) is 0.797. The molecule has 2 aromatic carbocycles. The lowest BCUT2D eigenvalue weighted by Gasteiger charge is -2.23. The lowest BCUT2D eigenvalue weighted by Crippen LogP contribution is -3.06. The van der Waals surface area contributed by atoms with E-state index in [1.165, 1.54) is 4.90 Å². The number of halogens is 2. The average Bonchev–Trinajstić information content (AvgIpc) is 2.59. The number of quaternary nitrogens is 1. The van der Waals surface area contributed by atoms with Gasteiger partial charge < -0.3 is 22.2 Å². The normalized spacial score (nSPS) is 13.2. The van der Waals surface area contributed by atoms with E-state index in [2.05, 4.69) is 14.1 Å². The van der Waals surface area contributed by atoms with E-state index < -0.39 is 0 Å². The van der Waals surface area contributed by atoms with Crippen molar-refractivity contribution in [2.24, 2.45) is 0 Å². The summed E-state index contributed by atoms with van der Waals surface area (Å²) in [6, 6.07) is 13.5. The van der Waals surface area contributed by atoms with Crippen molar-refractivity contribution in [3.05, 3.63) is 53.1 Å². The number of amides is 1. The Morgan fingerprint density at radius 1 is 1.13 bits per heavy atom. The van der Waals surface area contributed by atoms with Gasteiger partial charge in [-0.05, 0) is 30.3 Å². The zero-order valence-electron chi connectivity index (χ0n) is 13.0. The number of hydrogen-bond acceptors (Lipinski definition) is 2. The van der Waals surface area contributed by atoms with Gasteiger partial charge in [-0.1, -0.05) is 35.5 Å². The van der Waals surface area contributed by atoms with Gasteiger partial charge in [0.05, 0.1) is 38.4 Å². The van der Waals surface area contributed by atoms with E-state index in [9.17, 15) is 4.79 Å². The third-order valence-corrected chi connectivity index (χ3v) is 4.99. The summed E-state index contributed by atoms with van der Waals surface area (Å²) < 4.78 is 0. The summed E-state index contributed by atoms with van der Waals surface area (Å²) in [6.07, 6.45) is 0. The van der Waals surface area contributed by atoms with Crippen LogP contribution in [0.1, 0.15) is 10.4 Å². The molecule has 0 bridgehead atoms. The standard InChI is InChI=1S/C17H17ClN2OS.ClH/c1-19(2)9-10-20-14-8-7-12(18)11-16(14)22-15-6-4-3-5-13(15)17(20)21;/h3-8,11H,9-10H2,1-2H3;1H. The smallest absolute Gasteiger partial charge is 0.259 e. The number of carbonyl (C=O) groups is 1. The highest BCUT2D eigenvalue weighted by Crippen LogP contribution is 2.42. The van der Waals surface area contributed by atoms with Crippen LogP contribution in [0.2, 0.25) is 5.02 Å². The number of nitrogens with one attached hydrogen (secondary N) is 1. The van der Waals surface area contributed by atoms with Crippen molar-refractivity contribution in [1.82, 2.24) is 0 Å². The fourth-order valence-electron chi connectivity index (χ4n) is 2.46. The van der Waals surface area contributed by atoms with Gasteiger partial charge in [-0.3, -0.25) is 4.79 Å². The molecule has 1 aliphatic heterocycles. The largest absolute Gasteiger partial charge is 1.00 e. The van der Waals surface area contributed by atoms with Crippen molar-refractivity contribution < 1.29 is 22.1 Å². The van der Waals surface area contributed by atoms with Gasteiger partial charge in [0.25, 0.3) is 5.91 Å². The van der Waals surface area contributed by atoms with E-state index in [1.807, 2.05) is 47.4 Å². The molecular weight excluding hydrogens is 351 g/mol. The van der Waals surface area contributed by atoms with Crippen molar-refractivity contribution in [2.45, 2.75) is 9.79 Å². The summed E-state index contributed by atoms with van der Waals surface area (Å²) >= 11 is 7.75. The predicted octanol–water partition coefficient (Wildman–Crippen LogP) is -0.400.